The van der Waals surface area contributed by atoms with E-state index < -0.39 is 17.6 Å². The Balaban J connectivity index is 2.23. The minimum Gasteiger partial charge on any atom is -0.368 e. The Morgan fingerprint density at radius 2 is 2.15 bits per heavy atom. The van der Waals surface area contributed by atoms with Gasteiger partial charge >= 0.3 is 0 Å². The van der Waals surface area contributed by atoms with Gasteiger partial charge in [-0.2, -0.15) is 0 Å². The van der Waals surface area contributed by atoms with Gasteiger partial charge in [-0.3, -0.25) is 14.6 Å². The normalized spacial score (nSPS) is 15.8. The fraction of sp³-hybridized carbons (Fsp3) is 0.462. The quantitative estimate of drug-likeness (QED) is 0.806. The molecule has 108 valence electrons. The van der Waals surface area contributed by atoms with Crippen molar-refractivity contribution in [3.8, 4) is 0 Å². The summed E-state index contributed by atoms with van der Waals surface area (Å²) in [5.41, 5.74) is 5.12. The molecule has 0 aliphatic carbocycles. The van der Waals surface area contributed by atoms with Crippen LogP contribution in [0.1, 0.15) is 23.2 Å². The molecule has 2 heterocycles. The number of pyridine rings is 1. The highest BCUT2D eigenvalue weighted by atomic mass is 19.1. The molecule has 1 aliphatic rings. The standard InChI is InChI=1S/C13H17FN4O2/c14-11-7-17-6-3-10(11)13(20)18(8-12(15)19)9-1-4-16-5-2-9/h3,6-7,9,16H,1-2,4-5,8H2,(H2,15,19). The minimum absolute atomic E-state index is 0.0835. The lowest BCUT2D eigenvalue weighted by molar-refractivity contribution is -0.119. The summed E-state index contributed by atoms with van der Waals surface area (Å²) in [6.45, 7) is 1.31. The summed E-state index contributed by atoms with van der Waals surface area (Å²) in [5.74, 6) is -1.82. The molecule has 1 aromatic rings. The van der Waals surface area contributed by atoms with Crippen LogP contribution in [0, 0.1) is 5.82 Å². The number of piperidine rings is 1. The van der Waals surface area contributed by atoms with Crippen LogP contribution in [0.2, 0.25) is 0 Å². The smallest absolute Gasteiger partial charge is 0.257 e. The molecule has 0 aromatic carbocycles. The SMILES string of the molecule is NC(=O)CN(C(=O)c1ccncc1F)C1CCNCC1. The van der Waals surface area contributed by atoms with Crippen molar-refractivity contribution in [2.45, 2.75) is 18.9 Å². The summed E-state index contributed by atoms with van der Waals surface area (Å²) in [6.07, 6.45) is 3.76. The lowest BCUT2D eigenvalue weighted by Gasteiger charge is -2.34. The number of carbonyl (C=O) groups is 2. The van der Waals surface area contributed by atoms with Gasteiger partial charge in [0.15, 0.2) is 5.82 Å². The fourth-order valence-electron chi connectivity index (χ4n) is 2.36. The van der Waals surface area contributed by atoms with E-state index in [2.05, 4.69) is 10.3 Å². The molecule has 0 atom stereocenters. The average Bonchev–Trinajstić information content (AvgIpc) is 2.45. The van der Waals surface area contributed by atoms with Gasteiger partial charge in [-0.1, -0.05) is 0 Å². The zero-order valence-corrected chi connectivity index (χ0v) is 11.0. The predicted molar refractivity (Wildman–Crippen MR) is 70.3 cm³/mol. The van der Waals surface area contributed by atoms with E-state index in [9.17, 15) is 14.0 Å². The predicted octanol–water partition coefficient (Wildman–Crippen LogP) is -0.0998. The summed E-state index contributed by atoms with van der Waals surface area (Å²) in [6, 6.07) is 1.20. The van der Waals surface area contributed by atoms with E-state index >= 15 is 0 Å². The third-order valence-electron chi connectivity index (χ3n) is 3.34. The Kier molecular flexibility index (Phi) is 4.62. The average molecular weight is 280 g/mol. The molecule has 1 aliphatic heterocycles. The van der Waals surface area contributed by atoms with Crippen molar-refractivity contribution < 1.29 is 14.0 Å². The van der Waals surface area contributed by atoms with Crippen LogP contribution in [-0.2, 0) is 4.79 Å². The first-order chi connectivity index (χ1) is 9.59. The second kappa shape index (κ2) is 6.42. The monoisotopic (exact) mass is 280 g/mol. The van der Waals surface area contributed by atoms with Gasteiger partial charge in [0, 0.05) is 12.2 Å². The first-order valence-corrected chi connectivity index (χ1v) is 6.49. The van der Waals surface area contributed by atoms with E-state index in [0.717, 1.165) is 19.3 Å². The van der Waals surface area contributed by atoms with Gasteiger partial charge in [-0.25, -0.2) is 4.39 Å². The van der Waals surface area contributed by atoms with Crippen LogP contribution in [-0.4, -0.2) is 47.4 Å². The molecule has 2 amide bonds. The number of hydrogen-bond donors (Lipinski definition) is 2. The highest BCUT2D eigenvalue weighted by Crippen LogP contribution is 2.16. The highest BCUT2D eigenvalue weighted by Gasteiger charge is 2.28. The number of rotatable bonds is 4. The largest absolute Gasteiger partial charge is 0.368 e. The van der Waals surface area contributed by atoms with Crippen LogP contribution in [0.5, 0.6) is 0 Å². The topological polar surface area (TPSA) is 88.3 Å². The number of primary amides is 1. The van der Waals surface area contributed by atoms with Crippen LogP contribution in [0.4, 0.5) is 4.39 Å². The summed E-state index contributed by atoms with van der Waals surface area (Å²) in [7, 11) is 0. The molecular formula is C13H17FN4O2. The van der Waals surface area contributed by atoms with Crippen molar-refractivity contribution in [1.82, 2.24) is 15.2 Å². The van der Waals surface area contributed by atoms with Crippen molar-refractivity contribution >= 4 is 11.8 Å². The van der Waals surface area contributed by atoms with Crippen LogP contribution in [0.15, 0.2) is 18.5 Å². The van der Waals surface area contributed by atoms with Crippen LogP contribution in [0.3, 0.4) is 0 Å². The zero-order valence-electron chi connectivity index (χ0n) is 11.0. The summed E-state index contributed by atoms with van der Waals surface area (Å²) in [4.78, 5) is 28.6. The van der Waals surface area contributed by atoms with Crippen LogP contribution in [0.25, 0.3) is 0 Å². The summed E-state index contributed by atoms with van der Waals surface area (Å²) in [5, 5.41) is 3.17. The first kappa shape index (κ1) is 14.4. The Morgan fingerprint density at radius 1 is 1.45 bits per heavy atom. The molecule has 3 N–H and O–H groups in total. The van der Waals surface area contributed by atoms with Gasteiger partial charge < -0.3 is 16.0 Å². The third kappa shape index (κ3) is 3.30. The van der Waals surface area contributed by atoms with Crippen molar-refractivity contribution in [2.24, 2.45) is 5.73 Å². The number of amides is 2. The Labute approximate surface area is 116 Å². The van der Waals surface area contributed by atoms with Crippen molar-refractivity contribution in [1.29, 1.82) is 0 Å². The molecule has 0 radical (unpaired) electrons. The second-order valence-electron chi connectivity index (χ2n) is 4.74. The Bertz CT molecular complexity index is 503. The van der Waals surface area contributed by atoms with E-state index in [0.29, 0.717) is 12.8 Å². The number of halogens is 1. The number of nitrogens with one attached hydrogen (secondary N) is 1. The number of nitrogens with two attached hydrogens (primary N) is 1. The third-order valence-corrected chi connectivity index (χ3v) is 3.34. The fourth-order valence-corrected chi connectivity index (χ4v) is 2.36. The molecule has 1 saturated heterocycles. The second-order valence-corrected chi connectivity index (χ2v) is 4.74. The first-order valence-electron chi connectivity index (χ1n) is 6.49. The lowest BCUT2D eigenvalue weighted by Crippen LogP contribution is -2.49. The van der Waals surface area contributed by atoms with E-state index in [1.165, 1.54) is 17.2 Å². The maximum atomic E-state index is 13.7. The molecule has 7 heteroatoms. The van der Waals surface area contributed by atoms with Gasteiger partial charge in [0.05, 0.1) is 18.3 Å². The van der Waals surface area contributed by atoms with Crippen LogP contribution < -0.4 is 11.1 Å². The number of aromatic nitrogens is 1. The van der Waals surface area contributed by atoms with Gasteiger partial charge in [0.2, 0.25) is 5.91 Å². The van der Waals surface area contributed by atoms with Gasteiger partial charge in [0.1, 0.15) is 0 Å². The maximum absolute atomic E-state index is 13.7. The molecule has 2 rings (SSSR count). The number of hydrogen-bond acceptors (Lipinski definition) is 4. The summed E-state index contributed by atoms with van der Waals surface area (Å²) < 4.78 is 13.7. The zero-order chi connectivity index (χ0) is 14.5. The van der Waals surface area contributed by atoms with E-state index in [1.54, 1.807) is 0 Å². The Hall–Kier alpha value is -2.02. The molecule has 20 heavy (non-hydrogen) atoms. The molecule has 0 bridgehead atoms. The maximum Gasteiger partial charge on any atom is 0.257 e. The molecule has 6 nitrogen and oxygen atoms in total. The Morgan fingerprint density at radius 3 is 2.75 bits per heavy atom. The molecule has 0 spiro atoms. The lowest BCUT2D eigenvalue weighted by atomic mass is 10.0. The molecule has 1 aromatic heterocycles. The van der Waals surface area contributed by atoms with E-state index in [1.807, 2.05) is 0 Å². The van der Waals surface area contributed by atoms with E-state index in [4.69, 9.17) is 5.73 Å². The van der Waals surface area contributed by atoms with Crippen molar-refractivity contribution in [2.75, 3.05) is 19.6 Å². The molecule has 0 unspecified atom stereocenters. The highest BCUT2D eigenvalue weighted by molar-refractivity contribution is 5.96. The van der Waals surface area contributed by atoms with Gasteiger partial charge in [-0.15, -0.1) is 0 Å². The molecular weight excluding hydrogens is 263 g/mol. The van der Waals surface area contributed by atoms with Crippen LogP contribution >= 0.6 is 0 Å². The molecule has 1 fully saturated rings. The van der Waals surface area contributed by atoms with E-state index in [-0.39, 0.29) is 18.2 Å². The minimum atomic E-state index is -0.694. The number of nitrogens with zero attached hydrogens (tertiary/aromatic N) is 2. The van der Waals surface area contributed by atoms with Gasteiger partial charge in [-0.05, 0) is 32.0 Å². The molecule has 0 saturated carbocycles. The van der Waals surface area contributed by atoms with Crippen molar-refractivity contribution in [3.63, 3.8) is 0 Å². The number of carbonyl (C=O) groups excluding carboxylic acids is 2. The summed E-state index contributed by atoms with van der Waals surface area (Å²) >= 11 is 0. The van der Waals surface area contributed by atoms with Crippen molar-refractivity contribution in [3.05, 3.63) is 29.8 Å². The van der Waals surface area contributed by atoms with Gasteiger partial charge in [0.25, 0.3) is 5.91 Å².